The van der Waals surface area contributed by atoms with Crippen molar-refractivity contribution in [1.82, 2.24) is 10.3 Å². The van der Waals surface area contributed by atoms with E-state index in [2.05, 4.69) is 10.3 Å². The summed E-state index contributed by atoms with van der Waals surface area (Å²) >= 11 is 1.51. The summed E-state index contributed by atoms with van der Waals surface area (Å²) in [5, 5.41) is 15.2. The number of thiazole rings is 1. The highest BCUT2D eigenvalue weighted by atomic mass is 32.1. The van der Waals surface area contributed by atoms with Gasteiger partial charge in [0.05, 0.1) is 20.7 Å². The number of carbonyl (C=O) groups is 1. The predicted molar refractivity (Wildman–Crippen MR) is 101 cm³/mol. The topological polar surface area (TPSA) is 97.6 Å². The van der Waals surface area contributed by atoms with Gasteiger partial charge in [0, 0.05) is 19.2 Å². The number of amides is 1. The van der Waals surface area contributed by atoms with Crippen molar-refractivity contribution in [1.29, 1.82) is 0 Å². The summed E-state index contributed by atoms with van der Waals surface area (Å²) in [6.45, 7) is 8.40. The van der Waals surface area contributed by atoms with E-state index >= 15 is 0 Å². The third-order valence-electron chi connectivity index (χ3n) is 4.04. The molecular formula is C17H22N4O4S. The molecule has 2 heterocycles. The highest BCUT2D eigenvalue weighted by molar-refractivity contribution is 7.18. The van der Waals surface area contributed by atoms with Crippen molar-refractivity contribution in [2.75, 3.05) is 18.0 Å². The molecule has 1 aromatic heterocycles. The summed E-state index contributed by atoms with van der Waals surface area (Å²) in [4.78, 5) is 29.5. The van der Waals surface area contributed by atoms with Gasteiger partial charge < -0.3 is 15.0 Å². The van der Waals surface area contributed by atoms with Gasteiger partial charge in [-0.15, -0.1) is 11.3 Å². The van der Waals surface area contributed by atoms with Crippen LogP contribution < -0.4 is 10.2 Å². The predicted octanol–water partition coefficient (Wildman–Crippen LogP) is 3.62. The minimum atomic E-state index is -0.565. The van der Waals surface area contributed by atoms with Gasteiger partial charge >= 0.3 is 6.09 Å². The zero-order valence-electron chi connectivity index (χ0n) is 15.2. The first-order chi connectivity index (χ1) is 12.1. The van der Waals surface area contributed by atoms with E-state index in [9.17, 15) is 14.9 Å². The second-order valence-electron chi connectivity index (χ2n) is 7.35. The minimum Gasteiger partial charge on any atom is -0.444 e. The Hall–Kier alpha value is -2.42. The second-order valence-corrected chi connectivity index (χ2v) is 8.58. The number of ether oxygens (including phenoxy) is 1. The number of nitro groups is 1. The van der Waals surface area contributed by atoms with Gasteiger partial charge in [-0.2, -0.15) is 0 Å². The van der Waals surface area contributed by atoms with Gasteiger partial charge in [-0.1, -0.05) is 0 Å². The molecule has 9 heteroatoms. The van der Waals surface area contributed by atoms with Crippen molar-refractivity contribution in [2.45, 2.75) is 45.8 Å². The third kappa shape index (κ3) is 3.87. The van der Waals surface area contributed by atoms with Gasteiger partial charge in [0.25, 0.3) is 5.69 Å². The number of hydrogen-bond donors (Lipinski definition) is 1. The minimum absolute atomic E-state index is 0.0423. The molecule has 2 aromatic rings. The molecule has 1 aliphatic heterocycles. The molecule has 1 fully saturated rings. The maximum Gasteiger partial charge on any atom is 0.407 e. The number of carbonyl (C=O) groups excluding carboxylic acids is 1. The molecule has 140 valence electrons. The number of aromatic nitrogens is 1. The monoisotopic (exact) mass is 378 g/mol. The Labute approximate surface area is 155 Å². The Balaban J connectivity index is 1.83. The molecule has 8 nitrogen and oxygen atoms in total. The first-order valence-electron chi connectivity index (χ1n) is 8.43. The molecule has 1 N–H and O–H groups in total. The summed E-state index contributed by atoms with van der Waals surface area (Å²) in [7, 11) is 0. The highest BCUT2D eigenvalue weighted by Gasteiger charge is 2.32. The Morgan fingerprint density at radius 1 is 1.46 bits per heavy atom. The molecule has 1 saturated heterocycles. The van der Waals surface area contributed by atoms with Gasteiger partial charge in [-0.3, -0.25) is 10.1 Å². The van der Waals surface area contributed by atoms with Gasteiger partial charge in [-0.05, 0) is 40.2 Å². The summed E-state index contributed by atoms with van der Waals surface area (Å²) in [5.41, 5.74) is 0.663. The average molecular weight is 378 g/mol. The Morgan fingerprint density at radius 2 is 2.19 bits per heavy atom. The lowest BCUT2D eigenvalue weighted by atomic mass is 10.2. The molecule has 0 unspecified atom stereocenters. The Morgan fingerprint density at radius 3 is 2.85 bits per heavy atom. The van der Waals surface area contributed by atoms with Gasteiger partial charge in [0.2, 0.25) is 0 Å². The number of fused-ring (bicyclic) bond motifs is 1. The van der Waals surface area contributed by atoms with Crippen molar-refractivity contribution in [3.63, 3.8) is 0 Å². The van der Waals surface area contributed by atoms with E-state index in [1.807, 2.05) is 32.6 Å². The van der Waals surface area contributed by atoms with Crippen LogP contribution in [0.5, 0.6) is 0 Å². The average Bonchev–Trinajstić information content (AvgIpc) is 3.09. The molecule has 0 radical (unpaired) electrons. The van der Waals surface area contributed by atoms with Gasteiger partial charge in [0.15, 0.2) is 0 Å². The van der Waals surface area contributed by atoms with E-state index in [-0.39, 0.29) is 16.7 Å². The van der Waals surface area contributed by atoms with Crippen molar-refractivity contribution in [3.05, 3.63) is 27.3 Å². The van der Waals surface area contributed by atoms with Crippen LogP contribution in [0.4, 0.5) is 16.2 Å². The van der Waals surface area contributed by atoms with Gasteiger partial charge in [0.1, 0.15) is 16.8 Å². The van der Waals surface area contributed by atoms with Crippen LogP contribution in [0, 0.1) is 17.0 Å². The molecular weight excluding hydrogens is 356 g/mol. The molecule has 26 heavy (non-hydrogen) atoms. The van der Waals surface area contributed by atoms with Gasteiger partial charge in [-0.25, -0.2) is 9.78 Å². The molecule has 0 saturated carbocycles. The van der Waals surface area contributed by atoms with Crippen LogP contribution >= 0.6 is 11.3 Å². The van der Waals surface area contributed by atoms with Crippen molar-refractivity contribution in [2.24, 2.45) is 0 Å². The normalized spacial score (nSPS) is 17.5. The van der Waals surface area contributed by atoms with E-state index < -0.39 is 11.7 Å². The van der Waals surface area contributed by atoms with Crippen LogP contribution in [0.2, 0.25) is 0 Å². The fourth-order valence-corrected chi connectivity index (χ4v) is 3.93. The van der Waals surface area contributed by atoms with Crippen molar-refractivity contribution in [3.8, 4) is 0 Å². The number of alkyl carbamates (subject to hydrolysis) is 1. The molecule has 1 aromatic carbocycles. The van der Waals surface area contributed by atoms with Crippen LogP contribution in [-0.4, -0.2) is 40.7 Å². The lowest BCUT2D eigenvalue weighted by Crippen LogP contribution is -2.40. The molecule has 0 spiro atoms. The number of nitrogens with one attached hydrogen (secondary N) is 1. The Kier molecular flexibility index (Phi) is 4.74. The van der Waals surface area contributed by atoms with E-state index in [4.69, 9.17) is 4.74 Å². The molecule has 1 amide bonds. The van der Waals surface area contributed by atoms with E-state index in [0.29, 0.717) is 30.7 Å². The summed E-state index contributed by atoms with van der Waals surface area (Å²) in [6.07, 6.45) is 0.220. The zero-order chi connectivity index (χ0) is 19.1. The van der Waals surface area contributed by atoms with E-state index in [0.717, 1.165) is 9.71 Å². The molecule has 1 aliphatic rings. The summed E-state index contributed by atoms with van der Waals surface area (Å²) in [5.74, 6) is 0. The van der Waals surface area contributed by atoms with Crippen LogP contribution in [-0.2, 0) is 4.74 Å². The number of rotatable bonds is 3. The molecule has 0 aliphatic carbocycles. The largest absolute Gasteiger partial charge is 0.444 e. The smallest absolute Gasteiger partial charge is 0.407 e. The molecule has 1 atom stereocenters. The molecule has 3 rings (SSSR count). The first-order valence-corrected chi connectivity index (χ1v) is 9.25. The molecule has 0 bridgehead atoms. The fourth-order valence-electron chi connectivity index (χ4n) is 3.09. The first kappa shape index (κ1) is 18.4. The number of anilines is 1. The Bertz CT molecular complexity index is 858. The highest BCUT2D eigenvalue weighted by Crippen LogP contribution is 2.39. The lowest BCUT2D eigenvalue weighted by molar-refractivity contribution is -0.384. The number of nitrogens with zero attached hydrogens (tertiary/aromatic N) is 3. The van der Waals surface area contributed by atoms with Crippen LogP contribution in [0.1, 0.15) is 32.2 Å². The van der Waals surface area contributed by atoms with Crippen LogP contribution in [0.15, 0.2) is 12.1 Å². The zero-order valence-corrected chi connectivity index (χ0v) is 16.1. The fraction of sp³-hybridized carbons (Fsp3) is 0.529. The quantitative estimate of drug-likeness (QED) is 0.647. The lowest BCUT2D eigenvalue weighted by Gasteiger charge is -2.22. The van der Waals surface area contributed by atoms with Crippen LogP contribution in [0.3, 0.4) is 0 Å². The standard InChI is InChI=1S/C17H22N4O4S/c1-10-18-14-13(26-10)6-5-12(21(23)24)15(14)20-8-7-11(9-20)19-16(22)25-17(2,3)4/h5-6,11H,7-9H2,1-4H3,(H,19,22)/t11-/m1/s1. The van der Waals surface area contributed by atoms with Crippen LogP contribution in [0.25, 0.3) is 10.2 Å². The van der Waals surface area contributed by atoms with E-state index in [1.165, 1.54) is 17.4 Å². The maximum absolute atomic E-state index is 12.0. The SMILES string of the molecule is Cc1nc2c(N3CC[C@@H](NC(=O)OC(C)(C)C)C3)c([N+](=O)[O-])ccc2s1. The van der Waals surface area contributed by atoms with E-state index in [1.54, 1.807) is 6.07 Å². The number of nitro benzene ring substituents is 1. The maximum atomic E-state index is 12.0. The number of hydrogen-bond acceptors (Lipinski definition) is 7. The summed E-state index contributed by atoms with van der Waals surface area (Å²) < 4.78 is 6.21. The number of aryl methyl sites for hydroxylation is 1. The third-order valence-corrected chi connectivity index (χ3v) is 4.98. The van der Waals surface area contributed by atoms with Crippen molar-refractivity contribution < 1.29 is 14.5 Å². The second kappa shape index (κ2) is 6.71. The summed E-state index contributed by atoms with van der Waals surface area (Å²) in [6, 6.07) is 3.15. The van der Waals surface area contributed by atoms with Crippen molar-refractivity contribution >= 4 is 39.0 Å². The number of benzene rings is 1.